The Morgan fingerprint density at radius 3 is 1.10 bits per heavy atom. The number of carboxylic acid groups (broad SMARTS) is 2. The van der Waals surface area contributed by atoms with Crippen LogP contribution in [0.15, 0.2) is 0 Å². The van der Waals surface area contributed by atoms with Gasteiger partial charge in [0.25, 0.3) is 0 Å². The first-order chi connectivity index (χ1) is 9.40. The molecule has 0 aromatic heterocycles. The maximum atomic E-state index is 10.5. The van der Waals surface area contributed by atoms with E-state index in [9.17, 15) is 9.59 Å². The van der Waals surface area contributed by atoms with Crippen molar-refractivity contribution in [3.63, 3.8) is 0 Å². The Labute approximate surface area is 121 Å². The fourth-order valence-electron chi connectivity index (χ4n) is 3.01. The predicted octanol–water partition coefficient (Wildman–Crippen LogP) is 3.79. The average Bonchev–Trinajstić information content (AvgIpc) is 2.40. The van der Waals surface area contributed by atoms with Crippen LogP contribution in [0.2, 0.25) is 0 Å². The molecule has 0 heterocycles. The van der Waals surface area contributed by atoms with Gasteiger partial charge in [-0.15, -0.1) is 0 Å². The van der Waals surface area contributed by atoms with Crippen molar-refractivity contribution < 1.29 is 19.8 Å². The molecule has 0 aromatic rings. The minimum atomic E-state index is -0.605. The number of carbonyl (C=O) groups is 2. The fraction of sp³-hybridized carbons (Fsp3) is 0.875. The molecule has 2 saturated carbocycles. The highest BCUT2D eigenvalue weighted by Gasteiger charge is 2.23. The Morgan fingerprint density at radius 1 is 0.650 bits per heavy atom. The summed E-state index contributed by atoms with van der Waals surface area (Å²) < 4.78 is 0. The minimum absolute atomic E-state index is 0.0452. The lowest BCUT2D eigenvalue weighted by Gasteiger charge is -2.22. The second-order valence-electron chi connectivity index (χ2n) is 6.59. The summed E-state index contributed by atoms with van der Waals surface area (Å²) in [6.07, 6.45) is 7.92. The average molecular weight is 284 g/mol. The van der Waals surface area contributed by atoms with E-state index in [1.54, 1.807) is 0 Å². The molecule has 0 unspecified atom stereocenters. The number of aliphatic carboxylic acids is 2. The van der Waals surface area contributed by atoms with Gasteiger partial charge in [0, 0.05) is 0 Å². The quantitative estimate of drug-likeness (QED) is 0.809. The van der Waals surface area contributed by atoms with E-state index in [4.69, 9.17) is 10.2 Å². The van der Waals surface area contributed by atoms with Crippen molar-refractivity contribution in [2.75, 3.05) is 0 Å². The van der Waals surface area contributed by atoms with Gasteiger partial charge in [-0.2, -0.15) is 0 Å². The molecular weight excluding hydrogens is 256 g/mol. The molecule has 4 nitrogen and oxygen atoms in total. The van der Waals surface area contributed by atoms with Crippen LogP contribution in [0.1, 0.15) is 65.2 Å². The van der Waals surface area contributed by atoms with E-state index in [1.165, 1.54) is 0 Å². The van der Waals surface area contributed by atoms with Crippen molar-refractivity contribution in [2.45, 2.75) is 65.2 Å². The molecule has 0 bridgehead atoms. The lowest BCUT2D eigenvalue weighted by atomic mass is 9.83. The summed E-state index contributed by atoms with van der Waals surface area (Å²) in [5, 5.41) is 17.2. The van der Waals surface area contributed by atoms with Gasteiger partial charge in [0.2, 0.25) is 0 Å². The molecule has 0 aliphatic heterocycles. The molecule has 0 aromatic carbocycles. The molecule has 0 amide bonds. The molecule has 0 spiro atoms. The lowest BCUT2D eigenvalue weighted by Crippen LogP contribution is -2.19. The summed E-state index contributed by atoms with van der Waals surface area (Å²) >= 11 is 0. The van der Waals surface area contributed by atoms with Crippen molar-refractivity contribution in [1.82, 2.24) is 0 Å². The van der Waals surface area contributed by atoms with Crippen LogP contribution in [0.5, 0.6) is 0 Å². The highest BCUT2D eigenvalue weighted by atomic mass is 16.4. The smallest absolute Gasteiger partial charge is 0.306 e. The van der Waals surface area contributed by atoms with E-state index >= 15 is 0 Å². The molecule has 2 rings (SSSR count). The first-order valence-corrected chi connectivity index (χ1v) is 7.85. The SMILES string of the molecule is CC1CCC(C(=O)O)CC1.CC1CCC(C(=O)O)CC1. The second kappa shape index (κ2) is 8.28. The Balaban J connectivity index is 0.000000200. The van der Waals surface area contributed by atoms with E-state index in [0.29, 0.717) is 0 Å². The monoisotopic (exact) mass is 284 g/mol. The van der Waals surface area contributed by atoms with Crippen LogP contribution < -0.4 is 0 Å². The third-order valence-electron chi connectivity index (χ3n) is 4.73. The van der Waals surface area contributed by atoms with E-state index in [0.717, 1.165) is 63.2 Å². The van der Waals surface area contributed by atoms with Crippen LogP contribution in [0.4, 0.5) is 0 Å². The van der Waals surface area contributed by atoms with Crippen LogP contribution in [0.3, 0.4) is 0 Å². The van der Waals surface area contributed by atoms with Crippen molar-refractivity contribution in [1.29, 1.82) is 0 Å². The van der Waals surface area contributed by atoms with Gasteiger partial charge in [-0.25, -0.2) is 0 Å². The summed E-state index contributed by atoms with van der Waals surface area (Å²) in [5.41, 5.74) is 0. The fourth-order valence-corrected chi connectivity index (χ4v) is 3.01. The molecule has 4 heteroatoms. The molecule has 2 fully saturated rings. The van der Waals surface area contributed by atoms with Gasteiger partial charge >= 0.3 is 11.9 Å². The maximum absolute atomic E-state index is 10.5. The first kappa shape index (κ1) is 17.0. The van der Waals surface area contributed by atoms with Crippen molar-refractivity contribution in [3.8, 4) is 0 Å². The summed E-state index contributed by atoms with van der Waals surface area (Å²) in [6.45, 7) is 4.39. The van der Waals surface area contributed by atoms with Gasteiger partial charge in [0.1, 0.15) is 0 Å². The van der Waals surface area contributed by atoms with Gasteiger partial charge in [-0.3, -0.25) is 9.59 Å². The van der Waals surface area contributed by atoms with Gasteiger partial charge in [-0.05, 0) is 63.2 Å². The Hall–Kier alpha value is -1.06. The minimum Gasteiger partial charge on any atom is -0.481 e. The summed E-state index contributed by atoms with van der Waals surface area (Å²) in [6, 6.07) is 0. The van der Waals surface area contributed by atoms with Gasteiger partial charge in [-0.1, -0.05) is 13.8 Å². The van der Waals surface area contributed by atoms with Crippen LogP contribution in [-0.2, 0) is 9.59 Å². The number of hydrogen-bond acceptors (Lipinski definition) is 2. The molecule has 20 heavy (non-hydrogen) atoms. The van der Waals surface area contributed by atoms with E-state index in [1.807, 2.05) is 0 Å². The lowest BCUT2D eigenvalue weighted by molar-refractivity contribution is -0.144. The van der Waals surface area contributed by atoms with Crippen LogP contribution >= 0.6 is 0 Å². The van der Waals surface area contributed by atoms with Gasteiger partial charge in [0.15, 0.2) is 0 Å². The summed E-state index contributed by atoms with van der Waals surface area (Å²) in [4.78, 5) is 20.9. The zero-order valence-electron chi connectivity index (χ0n) is 12.7. The van der Waals surface area contributed by atoms with E-state index in [2.05, 4.69) is 13.8 Å². The standard InChI is InChI=1S/2C8H14O2/c2*1-6-2-4-7(5-3-6)8(9)10/h2*6-7H,2-5H2,1H3,(H,9,10). The summed E-state index contributed by atoms with van der Waals surface area (Å²) in [7, 11) is 0. The molecule has 0 saturated heterocycles. The molecule has 2 aliphatic rings. The van der Waals surface area contributed by atoms with Crippen molar-refractivity contribution in [2.24, 2.45) is 23.7 Å². The Kier molecular flexibility index (Phi) is 7.03. The predicted molar refractivity (Wildman–Crippen MR) is 77.5 cm³/mol. The third kappa shape index (κ3) is 5.93. The van der Waals surface area contributed by atoms with Gasteiger partial charge in [0.05, 0.1) is 11.8 Å². The Morgan fingerprint density at radius 2 is 0.900 bits per heavy atom. The topological polar surface area (TPSA) is 74.6 Å². The molecular formula is C16H28O4. The van der Waals surface area contributed by atoms with Crippen LogP contribution in [0.25, 0.3) is 0 Å². The molecule has 2 aliphatic carbocycles. The van der Waals surface area contributed by atoms with E-state index < -0.39 is 11.9 Å². The first-order valence-electron chi connectivity index (χ1n) is 7.85. The summed E-state index contributed by atoms with van der Waals surface area (Å²) in [5.74, 6) is 0.192. The van der Waals surface area contributed by atoms with Crippen LogP contribution in [-0.4, -0.2) is 22.2 Å². The van der Waals surface area contributed by atoms with Gasteiger partial charge < -0.3 is 10.2 Å². The van der Waals surface area contributed by atoms with Crippen molar-refractivity contribution >= 4 is 11.9 Å². The van der Waals surface area contributed by atoms with Crippen LogP contribution in [0, 0.1) is 23.7 Å². The molecule has 116 valence electrons. The third-order valence-corrected chi connectivity index (χ3v) is 4.73. The molecule has 0 atom stereocenters. The zero-order chi connectivity index (χ0) is 15.1. The number of rotatable bonds is 2. The number of hydrogen-bond donors (Lipinski definition) is 2. The highest BCUT2D eigenvalue weighted by molar-refractivity contribution is 5.70. The van der Waals surface area contributed by atoms with Crippen molar-refractivity contribution in [3.05, 3.63) is 0 Å². The second-order valence-corrected chi connectivity index (χ2v) is 6.59. The largest absolute Gasteiger partial charge is 0.481 e. The molecule has 2 N–H and O–H groups in total. The number of carboxylic acids is 2. The molecule has 0 radical (unpaired) electrons. The Bertz CT molecular complexity index is 278. The normalized spacial score (nSPS) is 33.7. The maximum Gasteiger partial charge on any atom is 0.306 e. The zero-order valence-corrected chi connectivity index (χ0v) is 12.7. The van der Waals surface area contributed by atoms with E-state index in [-0.39, 0.29) is 11.8 Å². The highest BCUT2D eigenvalue weighted by Crippen LogP contribution is 2.28.